The lowest BCUT2D eigenvalue weighted by atomic mass is 10.0. The van der Waals surface area contributed by atoms with Crippen molar-refractivity contribution in [3.8, 4) is 0 Å². The molecule has 6 heteroatoms. The zero-order chi connectivity index (χ0) is 14.3. The second kappa shape index (κ2) is 7.25. The Labute approximate surface area is 114 Å². The highest BCUT2D eigenvalue weighted by molar-refractivity contribution is 7.85. The summed E-state index contributed by atoms with van der Waals surface area (Å²) >= 11 is 0. The fourth-order valence-electron chi connectivity index (χ4n) is 1.71. The van der Waals surface area contributed by atoms with Crippen molar-refractivity contribution in [1.29, 1.82) is 0 Å². The van der Waals surface area contributed by atoms with E-state index >= 15 is 0 Å². The minimum Gasteiger partial charge on any atom is -0.356 e. The van der Waals surface area contributed by atoms with Gasteiger partial charge in [-0.2, -0.15) is 8.42 Å². The van der Waals surface area contributed by atoms with Crippen LogP contribution in [0.25, 0.3) is 0 Å². The lowest BCUT2D eigenvalue weighted by Crippen LogP contribution is -2.25. The molecule has 0 aliphatic carbocycles. The predicted octanol–water partition coefficient (Wildman–Crippen LogP) is 0.884. The Hall–Kier alpha value is -1.40. The van der Waals surface area contributed by atoms with E-state index in [1.54, 1.807) is 0 Å². The summed E-state index contributed by atoms with van der Waals surface area (Å²) in [5.41, 5.74) is 1.82. The van der Waals surface area contributed by atoms with Crippen molar-refractivity contribution in [2.75, 3.05) is 19.4 Å². The second-order valence-corrected chi connectivity index (χ2v) is 5.82. The summed E-state index contributed by atoms with van der Waals surface area (Å²) in [6.45, 7) is 2.55. The van der Waals surface area contributed by atoms with E-state index in [1.165, 1.54) is 0 Å². The molecule has 0 fully saturated rings. The van der Waals surface area contributed by atoms with Crippen molar-refractivity contribution < 1.29 is 17.4 Å². The smallest absolute Gasteiger partial charge is 0.264 e. The van der Waals surface area contributed by atoms with E-state index in [0.717, 1.165) is 17.4 Å². The molecule has 0 aliphatic rings. The first kappa shape index (κ1) is 15.7. The molecule has 0 saturated carbocycles. The number of hydrogen-bond acceptors (Lipinski definition) is 4. The van der Waals surface area contributed by atoms with Gasteiger partial charge in [-0.05, 0) is 24.5 Å². The Bertz CT molecular complexity index is 525. The van der Waals surface area contributed by atoms with Crippen molar-refractivity contribution in [3.05, 3.63) is 35.4 Å². The highest BCUT2D eigenvalue weighted by atomic mass is 32.2. The van der Waals surface area contributed by atoms with Gasteiger partial charge in [0.2, 0.25) is 5.91 Å². The van der Waals surface area contributed by atoms with Crippen LogP contribution in [0.5, 0.6) is 0 Å². The standard InChI is InChI=1S/C13H19NO4S/c1-3-14-13(15)10-12-7-5-4-6-11(12)8-9-18-19(2,16)17/h4-7H,3,8-10H2,1-2H3,(H,14,15). The van der Waals surface area contributed by atoms with Crippen molar-refractivity contribution in [2.24, 2.45) is 0 Å². The molecule has 0 bridgehead atoms. The maximum absolute atomic E-state index is 11.6. The number of hydrogen-bond donors (Lipinski definition) is 1. The van der Waals surface area contributed by atoms with Crippen LogP contribution >= 0.6 is 0 Å². The van der Waals surface area contributed by atoms with Gasteiger partial charge < -0.3 is 5.32 Å². The molecule has 5 nitrogen and oxygen atoms in total. The summed E-state index contributed by atoms with van der Waals surface area (Å²) in [6, 6.07) is 7.46. The number of carbonyl (C=O) groups is 1. The summed E-state index contributed by atoms with van der Waals surface area (Å²) in [6.07, 6.45) is 1.78. The molecule has 0 heterocycles. The summed E-state index contributed by atoms with van der Waals surface area (Å²) in [7, 11) is -3.42. The largest absolute Gasteiger partial charge is 0.356 e. The van der Waals surface area contributed by atoms with Crippen LogP contribution in [0.1, 0.15) is 18.1 Å². The molecule has 0 saturated heterocycles. The normalized spacial score (nSPS) is 11.3. The maximum atomic E-state index is 11.6. The van der Waals surface area contributed by atoms with Crippen molar-refractivity contribution in [1.82, 2.24) is 5.32 Å². The molecule has 1 N–H and O–H groups in total. The van der Waals surface area contributed by atoms with Crippen molar-refractivity contribution >= 4 is 16.0 Å². The van der Waals surface area contributed by atoms with Gasteiger partial charge in [0.1, 0.15) is 0 Å². The van der Waals surface area contributed by atoms with Gasteiger partial charge in [0, 0.05) is 6.54 Å². The third-order valence-electron chi connectivity index (χ3n) is 2.51. The summed E-state index contributed by atoms with van der Waals surface area (Å²) in [5, 5.41) is 2.74. The molecule has 1 aromatic rings. The average Bonchev–Trinajstić information content (AvgIpc) is 2.30. The molecule has 0 radical (unpaired) electrons. The molecule has 0 unspecified atom stereocenters. The number of amides is 1. The first-order chi connectivity index (χ1) is 8.92. The molecule has 0 spiro atoms. The van der Waals surface area contributed by atoms with Crippen molar-refractivity contribution in [3.63, 3.8) is 0 Å². The highest BCUT2D eigenvalue weighted by Crippen LogP contribution is 2.11. The van der Waals surface area contributed by atoms with Crippen LogP contribution in [0, 0.1) is 0 Å². The number of likely N-dealkylation sites (N-methyl/N-ethyl adjacent to an activating group) is 1. The third kappa shape index (κ3) is 6.35. The van der Waals surface area contributed by atoms with Crippen LogP contribution in [-0.4, -0.2) is 33.7 Å². The topological polar surface area (TPSA) is 72.5 Å². The molecule has 106 valence electrons. The van der Waals surface area contributed by atoms with Crippen LogP contribution in [0.4, 0.5) is 0 Å². The van der Waals surface area contributed by atoms with Gasteiger partial charge in [0.15, 0.2) is 0 Å². The van der Waals surface area contributed by atoms with Crippen LogP contribution in [0.15, 0.2) is 24.3 Å². The molecule has 0 aromatic heterocycles. The minimum atomic E-state index is -3.42. The van der Waals surface area contributed by atoms with Gasteiger partial charge in [-0.3, -0.25) is 8.98 Å². The Kier molecular flexibility index (Phi) is 5.98. The van der Waals surface area contributed by atoms with E-state index in [2.05, 4.69) is 5.32 Å². The van der Waals surface area contributed by atoms with Crippen molar-refractivity contribution in [2.45, 2.75) is 19.8 Å². The molecule has 0 aliphatic heterocycles. The molecule has 1 rings (SSSR count). The number of benzene rings is 1. The van der Waals surface area contributed by atoms with E-state index in [1.807, 2.05) is 31.2 Å². The molecule has 0 atom stereocenters. The van der Waals surface area contributed by atoms with Crippen LogP contribution < -0.4 is 5.32 Å². The maximum Gasteiger partial charge on any atom is 0.264 e. The van der Waals surface area contributed by atoms with Gasteiger partial charge in [0.25, 0.3) is 10.1 Å². The average molecular weight is 285 g/mol. The summed E-state index contributed by atoms with van der Waals surface area (Å²) in [5.74, 6) is -0.0426. The fourth-order valence-corrected chi connectivity index (χ4v) is 2.10. The Balaban J connectivity index is 2.65. The van der Waals surface area contributed by atoms with E-state index in [9.17, 15) is 13.2 Å². The van der Waals surface area contributed by atoms with Gasteiger partial charge in [0.05, 0.1) is 19.3 Å². The Morgan fingerprint density at radius 1 is 1.26 bits per heavy atom. The van der Waals surface area contributed by atoms with Crippen LogP contribution in [-0.2, 0) is 31.9 Å². The minimum absolute atomic E-state index is 0.0426. The van der Waals surface area contributed by atoms with E-state index < -0.39 is 10.1 Å². The summed E-state index contributed by atoms with van der Waals surface area (Å²) in [4.78, 5) is 11.6. The van der Waals surface area contributed by atoms with Crippen LogP contribution in [0.2, 0.25) is 0 Å². The SMILES string of the molecule is CCNC(=O)Cc1ccccc1CCOS(C)(=O)=O. The summed E-state index contributed by atoms with van der Waals surface area (Å²) < 4.78 is 26.5. The first-order valence-electron chi connectivity index (χ1n) is 6.10. The Morgan fingerprint density at radius 3 is 2.47 bits per heavy atom. The molecular weight excluding hydrogens is 266 g/mol. The molecule has 19 heavy (non-hydrogen) atoms. The highest BCUT2D eigenvalue weighted by Gasteiger charge is 2.08. The molecule has 1 aromatic carbocycles. The lowest BCUT2D eigenvalue weighted by molar-refractivity contribution is -0.120. The van der Waals surface area contributed by atoms with E-state index in [4.69, 9.17) is 4.18 Å². The van der Waals surface area contributed by atoms with E-state index in [-0.39, 0.29) is 12.5 Å². The van der Waals surface area contributed by atoms with Gasteiger partial charge in [-0.25, -0.2) is 0 Å². The molecule has 1 amide bonds. The lowest BCUT2D eigenvalue weighted by Gasteiger charge is -2.09. The van der Waals surface area contributed by atoms with Gasteiger partial charge in [-0.1, -0.05) is 24.3 Å². The van der Waals surface area contributed by atoms with Gasteiger partial charge >= 0.3 is 0 Å². The van der Waals surface area contributed by atoms with E-state index in [0.29, 0.717) is 19.4 Å². The predicted molar refractivity (Wildman–Crippen MR) is 73.3 cm³/mol. The third-order valence-corrected chi connectivity index (χ3v) is 3.11. The Morgan fingerprint density at radius 2 is 1.89 bits per heavy atom. The number of carbonyl (C=O) groups excluding carboxylic acids is 1. The number of rotatable bonds is 7. The fraction of sp³-hybridized carbons (Fsp3) is 0.462. The number of nitrogens with one attached hydrogen (secondary N) is 1. The quantitative estimate of drug-likeness (QED) is 0.755. The first-order valence-corrected chi connectivity index (χ1v) is 7.92. The zero-order valence-corrected chi connectivity index (χ0v) is 12.0. The van der Waals surface area contributed by atoms with Crippen LogP contribution in [0.3, 0.4) is 0 Å². The second-order valence-electron chi connectivity index (χ2n) is 4.18. The monoisotopic (exact) mass is 285 g/mol. The molecular formula is C13H19NO4S. The van der Waals surface area contributed by atoms with Gasteiger partial charge in [-0.15, -0.1) is 0 Å². The zero-order valence-electron chi connectivity index (χ0n) is 11.2.